The van der Waals surface area contributed by atoms with Crippen LogP contribution in [0, 0.1) is 46.7 Å². The maximum atomic E-state index is 13.5. The molecular formula is C58H56F6N6O8. The monoisotopic (exact) mass is 1080 g/mol. The van der Waals surface area contributed by atoms with E-state index in [0.717, 1.165) is 67.6 Å². The van der Waals surface area contributed by atoms with Gasteiger partial charge in [-0.05, 0) is 101 Å². The molecule has 0 aliphatic carbocycles. The van der Waals surface area contributed by atoms with Gasteiger partial charge in [0.25, 0.3) is 28.8 Å². The lowest BCUT2D eigenvalue weighted by Crippen LogP contribution is -2.33. The van der Waals surface area contributed by atoms with E-state index in [0.29, 0.717) is 17.7 Å². The van der Waals surface area contributed by atoms with Crippen LogP contribution >= 0.6 is 0 Å². The zero-order chi connectivity index (χ0) is 57.2. The van der Waals surface area contributed by atoms with Crippen molar-refractivity contribution in [1.29, 1.82) is 0 Å². The Labute approximate surface area is 444 Å². The highest BCUT2D eigenvalue weighted by Crippen LogP contribution is 2.33. The molecule has 4 amide bonds. The van der Waals surface area contributed by atoms with Gasteiger partial charge in [0.15, 0.2) is 34.9 Å². The SMILES string of the molecule is CC(C)/C=C1/C(=O)Nc2cc(/C=C/CNC(=O)c3cccn(Cc4cc(F)c(F)c(F)c4)c3=O)ccc21.CC(C)C=O.CCO.O=C1Cc2ccc(/C=C/CNC(=O)c3cccn(Cc4cc(F)c(F)c(F)c4)c3=O)cc2N1. The highest BCUT2D eigenvalue weighted by atomic mass is 19.2. The molecule has 0 spiro atoms. The van der Waals surface area contributed by atoms with Gasteiger partial charge in [0.05, 0.1) is 19.5 Å². The van der Waals surface area contributed by atoms with E-state index in [2.05, 4.69) is 21.3 Å². The quantitative estimate of drug-likeness (QED) is 0.0309. The van der Waals surface area contributed by atoms with Crippen LogP contribution < -0.4 is 32.4 Å². The summed E-state index contributed by atoms with van der Waals surface area (Å²) < 4.78 is 82.4. The molecule has 0 fully saturated rings. The number of carbonyl (C=O) groups excluding carboxylic acids is 5. The number of hydrogen-bond donors (Lipinski definition) is 5. The first-order chi connectivity index (χ1) is 37.1. The first-order valence-corrected chi connectivity index (χ1v) is 24.4. The van der Waals surface area contributed by atoms with Gasteiger partial charge in [-0.25, -0.2) is 26.3 Å². The van der Waals surface area contributed by atoms with Crippen molar-refractivity contribution in [3.8, 4) is 0 Å². The maximum Gasteiger partial charge on any atom is 0.263 e. The average Bonchev–Trinajstić information content (AvgIpc) is 3.95. The Bertz CT molecular complexity index is 3380. The van der Waals surface area contributed by atoms with Gasteiger partial charge in [0, 0.05) is 60.5 Å². The standard InChI is InChI=1S/C28H24F3N3O3.C24H18F3N3O3.C4H8O.C2H6O/c1-16(2)11-21-19-8-7-17(14-24(19)33-27(21)36)5-3-9-32-26(35)20-6-4-10-34(28(20)37)15-18-12-22(29)25(31)23(30)13-18;25-18-9-15(10-19(26)22(18)27)13-30-8-2-4-17(24(30)33)23(32)28-7-1-3-14-5-6-16-12-21(31)29-20(16)11-14;1-4(2)3-5;1-2-3/h3-8,10-14,16H,9,15H2,1-2H3,(H,32,35)(H,33,36);1-6,8-11H,7,12-13H2,(H,28,32)(H,29,31);3-4H,1-2H3;3H,2H2,1H3/b5-3+,21-11+;3-1+;;. The summed E-state index contributed by atoms with van der Waals surface area (Å²) in [7, 11) is 0. The molecule has 6 aromatic rings. The lowest BCUT2D eigenvalue weighted by Gasteiger charge is -2.09. The maximum absolute atomic E-state index is 13.5. The van der Waals surface area contributed by atoms with Gasteiger partial charge in [-0.3, -0.25) is 28.8 Å². The first kappa shape index (κ1) is 60.0. The van der Waals surface area contributed by atoms with Gasteiger partial charge < -0.3 is 40.3 Å². The molecule has 2 aliphatic rings. The normalized spacial score (nSPS) is 12.7. The van der Waals surface area contributed by atoms with Crippen molar-refractivity contribution in [1.82, 2.24) is 19.8 Å². The van der Waals surface area contributed by atoms with Gasteiger partial charge in [-0.1, -0.05) is 82.3 Å². The Morgan fingerprint density at radius 2 is 1.08 bits per heavy atom. The number of fused-ring (bicyclic) bond motifs is 2. The van der Waals surface area contributed by atoms with Crippen molar-refractivity contribution in [2.45, 2.75) is 54.1 Å². The Balaban J connectivity index is 0.000000254. The number of amides is 4. The highest BCUT2D eigenvalue weighted by molar-refractivity contribution is 6.31. The smallest absolute Gasteiger partial charge is 0.263 e. The minimum atomic E-state index is -1.59. The van der Waals surface area contributed by atoms with Crippen LogP contribution in [-0.2, 0) is 33.9 Å². The van der Waals surface area contributed by atoms with E-state index in [1.54, 1.807) is 31.2 Å². The summed E-state index contributed by atoms with van der Waals surface area (Å²) in [6.07, 6.45) is 12.9. The molecule has 0 radical (unpaired) electrons. The van der Waals surface area contributed by atoms with E-state index in [4.69, 9.17) is 5.11 Å². The van der Waals surface area contributed by atoms with Crippen molar-refractivity contribution in [2.75, 3.05) is 30.3 Å². The second-order valence-electron chi connectivity index (χ2n) is 18.1. The number of rotatable bonds is 14. The minimum Gasteiger partial charge on any atom is -0.397 e. The second-order valence-corrected chi connectivity index (χ2v) is 18.1. The number of aliphatic hydroxyl groups is 1. The fourth-order valence-electron chi connectivity index (χ4n) is 7.49. The summed E-state index contributed by atoms with van der Waals surface area (Å²) in [4.78, 5) is 83.5. The molecule has 2 aromatic heterocycles. The fourth-order valence-corrected chi connectivity index (χ4v) is 7.49. The number of nitrogens with one attached hydrogen (secondary N) is 4. The van der Waals surface area contributed by atoms with Gasteiger partial charge in [0.1, 0.15) is 17.4 Å². The lowest BCUT2D eigenvalue weighted by atomic mass is 10.0. The molecule has 0 bridgehead atoms. The van der Waals surface area contributed by atoms with E-state index in [1.165, 1.54) is 36.7 Å². The zero-order valence-electron chi connectivity index (χ0n) is 43.1. The predicted octanol–water partition coefficient (Wildman–Crippen LogP) is 8.84. The second kappa shape index (κ2) is 28.3. The largest absolute Gasteiger partial charge is 0.397 e. The molecule has 0 atom stereocenters. The van der Waals surface area contributed by atoms with Crippen molar-refractivity contribution >= 4 is 59.0 Å². The number of nitrogens with zero attached hydrogens (tertiary/aromatic N) is 2. The lowest BCUT2D eigenvalue weighted by molar-refractivity contribution is -0.115. The van der Waals surface area contributed by atoms with E-state index in [-0.39, 0.29) is 78.7 Å². The van der Waals surface area contributed by atoms with Gasteiger partial charge in [-0.15, -0.1) is 0 Å². The van der Waals surface area contributed by atoms with Crippen molar-refractivity contribution < 1.29 is 55.4 Å². The average molecular weight is 1080 g/mol. The molecule has 14 nitrogen and oxygen atoms in total. The highest BCUT2D eigenvalue weighted by Gasteiger charge is 2.24. The number of aromatic nitrogens is 2. The minimum absolute atomic E-state index is 0.0383. The Hall–Kier alpha value is -8.91. The number of benzene rings is 4. The molecule has 0 saturated heterocycles. The molecule has 0 saturated carbocycles. The van der Waals surface area contributed by atoms with E-state index in [1.807, 2.05) is 70.2 Å². The van der Waals surface area contributed by atoms with Gasteiger partial charge in [0.2, 0.25) is 5.91 Å². The van der Waals surface area contributed by atoms with E-state index >= 15 is 0 Å². The molecular weight excluding hydrogens is 1020 g/mol. The molecule has 8 rings (SSSR count). The molecule has 4 aromatic carbocycles. The van der Waals surface area contributed by atoms with Crippen molar-refractivity contribution in [3.05, 3.63) is 216 Å². The van der Waals surface area contributed by atoms with Crippen LogP contribution in [0.1, 0.15) is 88.7 Å². The third-order valence-corrected chi connectivity index (χ3v) is 11.1. The summed E-state index contributed by atoms with van der Waals surface area (Å²) >= 11 is 0. The van der Waals surface area contributed by atoms with Crippen LogP contribution in [0.25, 0.3) is 17.7 Å². The summed E-state index contributed by atoms with van der Waals surface area (Å²) in [6, 6.07) is 19.9. The molecule has 2 aliphatic heterocycles. The van der Waals surface area contributed by atoms with Crippen LogP contribution in [0.3, 0.4) is 0 Å². The molecule has 4 heterocycles. The van der Waals surface area contributed by atoms with Crippen LogP contribution in [-0.4, -0.2) is 63.9 Å². The number of hydrogen-bond acceptors (Lipinski definition) is 8. The zero-order valence-corrected chi connectivity index (χ0v) is 43.1. The summed E-state index contributed by atoms with van der Waals surface area (Å²) in [5.41, 5.74) is 4.03. The van der Waals surface area contributed by atoms with Crippen molar-refractivity contribution in [2.24, 2.45) is 11.8 Å². The van der Waals surface area contributed by atoms with Crippen LogP contribution in [0.4, 0.5) is 37.7 Å². The number of anilines is 2. The van der Waals surface area contributed by atoms with Crippen LogP contribution in [0.5, 0.6) is 0 Å². The van der Waals surface area contributed by atoms with Crippen LogP contribution in [0.2, 0.25) is 0 Å². The third kappa shape index (κ3) is 16.5. The molecule has 5 N–H and O–H groups in total. The van der Waals surface area contributed by atoms with Gasteiger partial charge in [-0.2, -0.15) is 0 Å². The van der Waals surface area contributed by atoms with Crippen LogP contribution in [0.15, 0.2) is 125 Å². The number of aliphatic hydroxyl groups excluding tert-OH is 1. The Morgan fingerprint density at radius 1 is 0.641 bits per heavy atom. The number of allylic oxidation sites excluding steroid dienone is 1. The predicted molar refractivity (Wildman–Crippen MR) is 285 cm³/mol. The summed E-state index contributed by atoms with van der Waals surface area (Å²) in [5.74, 6) is -9.60. The molecule has 20 heteroatoms. The fraction of sp³-hybridized carbons (Fsp3) is 0.224. The molecule has 0 unspecified atom stereocenters. The number of aldehydes is 1. The number of halogens is 6. The molecule has 78 heavy (non-hydrogen) atoms. The molecule has 408 valence electrons. The van der Waals surface area contributed by atoms with Gasteiger partial charge >= 0.3 is 0 Å². The van der Waals surface area contributed by atoms with Crippen molar-refractivity contribution in [3.63, 3.8) is 0 Å². The Morgan fingerprint density at radius 3 is 1.51 bits per heavy atom. The summed E-state index contributed by atoms with van der Waals surface area (Å²) in [5, 5.41) is 18.4. The number of pyridine rings is 2. The topological polar surface area (TPSA) is 198 Å². The number of carbonyl (C=O) groups is 5. The Kier molecular flexibility index (Phi) is 21.7. The summed E-state index contributed by atoms with van der Waals surface area (Å²) in [6.45, 7) is 9.44. The van der Waals surface area contributed by atoms with E-state index < -0.39 is 57.8 Å². The first-order valence-electron chi connectivity index (χ1n) is 24.4. The van der Waals surface area contributed by atoms with E-state index in [9.17, 15) is 59.9 Å². The third-order valence-electron chi connectivity index (χ3n) is 11.1.